The molecule has 1 aliphatic carbocycles. The van der Waals surface area contributed by atoms with E-state index in [2.05, 4.69) is 40.5 Å². The number of benzene rings is 1. The fourth-order valence-electron chi connectivity index (χ4n) is 4.40. The Labute approximate surface area is 194 Å². The second-order valence-electron chi connectivity index (χ2n) is 8.95. The molecule has 1 aliphatic heterocycles. The monoisotopic (exact) mass is 445 g/mol. The van der Waals surface area contributed by atoms with Crippen LogP contribution in [0.5, 0.6) is 11.5 Å². The van der Waals surface area contributed by atoms with Crippen LogP contribution in [0.15, 0.2) is 23.2 Å². The van der Waals surface area contributed by atoms with E-state index in [9.17, 15) is 0 Å². The van der Waals surface area contributed by atoms with Crippen molar-refractivity contribution in [2.45, 2.75) is 58.1 Å². The van der Waals surface area contributed by atoms with Gasteiger partial charge in [-0.05, 0) is 65.1 Å². The fraction of sp³-hybridized carbons (Fsp3) is 0.720. The molecule has 1 heterocycles. The molecule has 0 aromatic heterocycles. The van der Waals surface area contributed by atoms with Gasteiger partial charge < -0.3 is 29.9 Å². The Hall–Kier alpha value is -1.99. The number of likely N-dealkylation sites (N-methyl/N-ethyl adjacent to an activating group) is 1. The molecule has 180 valence electrons. The minimum absolute atomic E-state index is 0.292. The van der Waals surface area contributed by atoms with Gasteiger partial charge in [-0.3, -0.25) is 0 Å². The number of hydrogen-bond acceptors (Lipinski definition) is 5. The van der Waals surface area contributed by atoms with Gasteiger partial charge in [0, 0.05) is 44.8 Å². The van der Waals surface area contributed by atoms with Crippen LogP contribution in [-0.2, 0) is 6.54 Å². The highest BCUT2D eigenvalue weighted by Crippen LogP contribution is 2.35. The molecule has 2 N–H and O–H groups in total. The molecule has 7 nitrogen and oxygen atoms in total. The van der Waals surface area contributed by atoms with Gasteiger partial charge in [0.25, 0.3) is 0 Å². The molecule has 0 atom stereocenters. The predicted octanol–water partition coefficient (Wildman–Crippen LogP) is 3.10. The second-order valence-corrected chi connectivity index (χ2v) is 8.95. The number of unbranched alkanes of at least 4 members (excludes halogenated alkanes) is 1. The molecule has 32 heavy (non-hydrogen) atoms. The van der Waals surface area contributed by atoms with Gasteiger partial charge in [-0.1, -0.05) is 12.1 Å². The summed E-state index contributed by atoms with van der Waals surface area (Å²) in [4.78, 5) is 9.82. The van der Waals surface area contributed by atoms with Crippen molar-refractivity contribution >= 4 is 5.96 Å². The second kappa shape index (κ2) is 13.5. The Morgan fingerprint density at radius 2 is 1.88 bits per heavy atom. The Morgan fingerprint density at radius 1 is 1.09 bits per heavy atom. The van der Waals surface area contributed by atoms with Crippen LogP contribution in [0.3, 0.4) is 0 Å². The molecular formula is C25H43N5O2. The number of aliphatic imine (C=N–C) groups is 1. The lowest BCUT2D eigenvalue weighted by atomic mass is 10.1. The van der Waals surface area contributed by atoms with E-state index in [-0.39, 0.29) is 0 Å². The van der Waals surface area contributed by atoms with Crippen LogP contribution in [0.4, 0.5) is 0 Å². The minimum Gasteiger partial charge on any atom is -0.493 e. The largest absolute Gasteiger partial charge is 0.493 e. The van der Waals surface area contributed by atoms with Gasteiger partial charge in [0.2, 0.25) is 0 Å². The molecule has 7 heteroatoms. The number of rotatable bonds is 11. The number of para-hydroxylation sites is 1. The average Bonchev–Trinajstić information content (AvgIpc) is 3.32. The average molecular weight is 446 g/mol. The third kappa shape index (κ3) is 7.85. The summed E-state index contributed by atoms with van der Waals surface area (Å²) in [6, 6.07) is 6.08. The lowest BCUT2D eigenvalue weighted by Crippen LogP contribution is -2.44. The first-order chi connectivity index (χ1) is 15.7. The van der Waals surface area contributed by atoms with Gasteiger partial charge in [0.15, 0.2) is 17.5 Å². The molecule has 0 bridgehead atoms. The van der Waals surface area contributed by atoms with E-state index in [0.29, 0.717) is 12.6 Å². The summed E-state index contributed by atoms with van der Waals surface area (Å²) in [5.41, 5.74) is 1.07. The van der Waals surface area contributed by atoms with Gasteiger partial charge in [-0.2, -0.15) is 0 Å². The van der Waals surface area contributed by atoms with E-state index < -0.39 is 0 Å². The Morgan fingerprint density at radius 3 is 2.59 bits per heavy atom. The van der Waals surface area contributed by atoms with Gasteiger partial charge in [0.1, 0.15) is 0 Å². The van der Waals surface area contributed by atoms with Gasteiger partial charge >= 0.3 is 0 Å². The van der Waals surface area contributed by atoms with Crippen LogP contribution in [0.1, 0.15) is 51.0 Å². The topological polar surface area (TPSA) is 61.4 Å². The number of nitrogens with zero attached hydrogens (tertiary/aromatic N) is 3. The highest BCUT2D eigenvalue weighted by Gasteiger charge is 2.20. The highest BCUT2D eigenvalue weighted by atomic mass is 16.5. The van der Waals surface area contributed by atoms with Gasteiger partial charge in [0.05, 0.1) is 19.8 Å². The van der Waals surface area contributed by atoms with E-state index >= 15 is 0 Å². The van der Waals surface area contributed by atoms with Gasteiger partial charge in [-0.15, -0.1) is 0 Å². The summed E-state index contributed by atoms with van der Waals surface area (Å²) >= 11 is 0. The van der Waals surface area contributed by atoms with Crippen molar-refractivity contribution in [3.05, 3.63) is 23.8 Å². The molecule has 1 saturated heterocycles. The molecule has 2 fully saturated rings. The van der Waals surface area contributed by atoms with Crippen molar-refractivity contribution in [2.75, 3.05) is 60.0 Å². The van der Waals surface area contributed by atoms with E-state index in [1.807, 2.05) is 12.1 Å². The zero-order valence-electron chi connectivity index (χ0n) is 20.4. The zero-order chi connectivity index (χ0) is 22.6. The SMILES string of the molecule is CCNC(=NCc1cccc(OC)c1OC1CCCC1)NCCCCN1CCN(C)CC1. The molecule has 0 unspecified atom stereocenters. The van der Waals surface area contributed by atoms with Gasteiger partial charge in [-0.25, -0.2) is 4.99 Å². The Balaban J connectivity index is 1.49. The number of nitrogens with one attached hydrogen (secondary N) is 2. The summed E-state index contributed by atoms with van der Waals surface area (Å²) < 4.78 is 11.9. The van der Waals surface area contributed by atoms with Crippen LogP contribution >= 0.6 is 0 Å². The molecular weight excluding hydrogens is 402 g/mol. The number of methoxy groups -OCH3 is 1. The maximum atomic E-state index is 6.36. The number of hydrogen-bond donors (Lipinski definition) is 2. The van der Waals surface area contributed by atoms with Crippen LogP contribution < -0.4 is 20.1 Å². The van der Waals surface area contributed by atoms with Crippen LogP contribution in [0.2, 0.25) is 0 Å². The predicted molar refractivity (Wildman–Crippen MR) is 132 cm³/mol. The summed E-state index contributed by atoms with van der Waals surface area (Å²) in [7, 11) is 3.91. The third-order valence-corrected chi connectivity index (χ3v) is 6.41. The van der Waals surface area contributed by atoms with E-state index in [1.165, 1.54) is 52.0 Å². The summed E-state index contributed by atoms with van der Waals surface area (Å²) in [6.45, 7) is 10.4. The maximum Gasteiger partial charge on any atom is 0.191 e. The normalized spacial score (nSPS) is 18.7. The van der Waals surface area contributed by atoms with Crippen LogP contribution in [-0.4, -0.2) is 81.8 Å². The van der Waals surface area contributed by atoms with Crippen molar-refractivity contribution in [1.29, 1.82) is 0 Å². The Kier molecular flexibility index (Phi) is 10.4. The van der Waals surface area contributed by atoms with Crippen molar-refractivity contribution in [3.8, 4) is 11.5 Å². The molecule has 0 radical (unpaired) electrons. The first-order valence-electron chi connectivity index (χ1n) is 12.4. The third-order valence-electron chi connectivity index (χ3n) is 6.41. The zero-order valence-corrected chi connectivity index (χ0v) is 20.4. The van der Waals surface area contributed by atoms with Crippen molar-refractivity contribution in [2.24, 2.45) is 4.99 Å². The smallest absolute Gasteiger partial charge is 0.191 e. The summed E-state index contributed by atoms with van der Waals surface area (Å²) in [5, 5.41) is 6.87. The molecule has 1 aromatic rings. The molecule has 1 aromatic carbocycles. The Bertz CT molecular complexity index is 698. The van der Waals surface area contributed by atoms with E-state index in [4.69, 9.17) is 14.5 Å². The van der Waals surface area contributed by atoms with Crippen molar-refractivity contribution < 1.29 is 9.47 Å². The van der Waals surface area contributed by atoms with E-state index in [0.717, 1.165) is 55.4 Å². The highest BCUT2D eigenvalue weighted by molar-refractivity contribution is 5.79. The first-order valence-corrected chi connectivity index (χ1v) is 12.4. The summed E-state index contributed by atoms with van der Waals surface area (Å²) in [6.07, 6.45) is 7.39. The molecule has 3 rings (SSSR count). The van der Waals surface area contributed by atoms with E-state index in [1.54, 1.807) is 7.11 Å². The lowest BCUT2D eigenvalue weighted by molar-refractivity contribution is 0.152. The molecule has 0 amide bonds. The lowest BCUT2D eigenvalue weighted by Gasteiger charge is -2.32. The van der Waals surface area contributed by atoms with Crippen LogP contribution in [0, 0.1) is 0 Å². The minimum atomic E-state index is 0.292. The fourth-order valence-corrected chi connectivity index (χ4v) is 4.40. The van der Waals surface area contributed by atoms with Crippen molar-refractivity contribution in [1.82, 2.24) is 20.4 Å². The first kappa shape index (κ1) is 24.6. The molecule has 2 aliphatic rings. The quantitative estimate of drug-likeness (QED) is 0.310. The molecule has 0 spiro atoms. The standard InChI is InChI=1S/C25H43N5O2/c1-4-26-25(27-14-7-8-15-30-18-16-29(2)17-19-30)28-20-21-10-9-13-23(31-3)24(21)32-22-11-5-6-12-22/h9-10,13,22H,4-8,11-12,14-20H2,1-3H3,(H2,26,27,28). The maximum absolute atomic E-state index is 6.36. The number of piperazine rings is 1. The number of ether oxygens (including phenoxy) is 2. The summed E-state index contributed by atoms with van der Waals surface area (Å²) in [5.74, 6) is 2.52. The number of guanidine groups is 1. The van der Waals surface area contributed by atoms with Crippen molar-refractivity contribution in [3.63, 3.8) is 0 Å². The molecule has 1 saturated carbocycles. The van der Waals surface area contributed by atoms with Crippen LogP contribution in [0.25, 0.3) is 0 Å².